The molecule has 1 heterocycles. The molecule has 4 nitrogen and oxygen atoms in total. The number of nitrogens with zero attached hydrogens (tertiary/aromatic N) is 2. The molecular weight excluding hydrogens is 178 g/mol. The van der Waals surface area contributed by atoms with Gasteiger partial charge in [-0.3, -0.25) is 10.1 Å². The van der Waals surface area contributed by atoms with Crippen molar-refractivity contribution >= 4 is 17.2 Å². The van der Waals surface area contributed by atoms with E-state index >= 15 is 0 Å². The number of amides is 1. The second-order valence-electron chi connectivity index (χ2n) is 2.88. The number of hydrogen-bond donors (Lipinski definition) is 1. The van der Waals surface area contributed by atoms with Gasteiger partial charge in [0.1, 0.15) is 0 Å². The summed E-state index contributed by atoms with van der Waals surface area (Å²) in [4.78, 5) is 11.0. The Hall–Kier alpha value is -2.28. The standard InChI is InChI=1S/C10H6N3O/c11-4-6-1-2-9-7(3-6)8(5-13-9)10(12)14/h1-3,5H,(H2,12,14). The molecule has 1 aliphatic rings. The predicted octanol–water partition coefficient (Wildman–Crippen LogP) is 0.634. The Morgan fingerprint density at radius 3 is 2.93 bits per heavy atom. The van der Waals surface area contributed by atoms with E-state index in [0.29, 0.717) is 22.4 Å². The van der Waals surface area contributed by atoms with Crippen molar-refractivity contribution in [3.8, 4) is 6.07 Å². The maximum Gasteiger partial charge on any atom is 0.250 e. The van der Waals surface area contributed by atoms with Crippen molar-refractivity contribution in [2.75, 3.05) is 0 Å². The third-order valence-electron chi connectivity index (χ3n) is 2.01. The lowest BCUT2D eigenvalue weighted by Crippen LogP contribution is -2.11. The van der Waals surface area contributed by atoms with Crippen LogP contribution in [0.2, 0.25) is 0 Å². The summed E-state index contributed by atoms with van der Waals surface area (Å²) in [6.07, 6.45) is 1.42. The lowest BCUT2D eigenvalue weighted by atomic mass is 10.0. The molecule has 1 aliphatic heterocycles. The van der Waals surface area contributed by atoms with Crippen LogP contribution >= 0.6 is 0 Å². The minimum atomic E-state index is -0.525. The summed E-state index contributed by atoms with van der Waals surface area (Å²) < 4.78 is 0. The van der Waals surface area contributed by atoms with Crippen molar-refractivity contribution < 1.29 is 4.79 Å². The quantitative estimate of drug-likeness (QED) is 0.694. The highest BCUT2D eigenvalue weighted by atomic mass is 16.1. The van der Waals surface area contributed by atoms with Crippen LogP contribution in [0.4, 0.5) is 5.69 Å². The maximum atomic E-state index is 11.0. The number of fused-ring (bicyclic) bond motifs is 1. The van der Waals surface area contributed by atoms with E-state index < -0.39 is 5.91 Å². The summed E-state index contributed by atoms with van der Waals surface area (Å²) in [5.41, 5.74) is 7.32. The van der Waals surface area contributed by atoms with Gasteiger partial charge < -0.3 is 5.73 Å². The zero-order valence-electron chi connectivity index (χ0n) is 7.19. The molecule has 0 saturated carbocycles. The Kier molecular flexibility index (Phi) is 1.72. The number of rotatable bonds is 1. The van der Waals surface area contributed by atoms with E-state index in [1.165, 1.54) is 6.20 Å². The first kappa shape index (κ1) is 8.32. The van der Waals surface area contributed by atoms with Gasteiger partial charge in [-0.2, -0.15) is 5.26 Å². The maximum absolute atomic E-state index is 11.0. The number of hydrogen-bond acceptors (Lipinski definition) is 2. The highest BCUT2D eigenvalue weighted by molar-refractivity contribution is 6.21. The summed E-state index contributed by atoms with van der Waals surface area (Å²) in [5, 5.41) is 12.7. The highest BCUT2D eigenvalue weighted by Crippen LogP contribution is 2.30. The summed E-state index contributed by atoms with van der Waals surface area (Å²) >= 11 is 0. The zero-order valence-corrected chi connectivity index (χ0v) is 7.19. The number of nitriles is 1. The van der Waals surface area contributed by atoms with Gasteiger partial charge in [-0.25, -0.2) is 0 Å². The molecule has 0 atom stereocenters. The number of nitrogens with two attached hydrogens (primary N) is 1. The molecule has 0 fully saturated rings. The Balaban J connectivity index is 2.55. The number of carbonyl (C=O) groups is 1. The molecule has 0 saturated heterocycles. The molecule has 2 rings (SSSR count). The fourth-order valence-electron chi connectivity index (χ4n) is 1.33. The summed E-state index contributed by atoms with van der Waals surface area (Å²) in [5.74, 6) is -0.525. The Morgan fingerprint density at radius 2 is 2.29 bits per heavy atom. The van der Waals surface area contributed by atoms with Crippen LogP contribution in [0.1, 0.15) is 11.1 Å². The van der Waals surface area contributed by atoms with Crippen molar-refractivity contribution in [3.63, 3.8) is 0 Å². The number of primary amides is 1. The van der Waals surface area contributed by atoms with Crippen molar-refractivity contribution in [1.29, 1.82) is 5.26 Å². The topological polar surface area (TPSA) is 81.0 Å². The number of benzene rings is 1. The summed E-state index contributed by atoms with van der Waals surface area (Å²) in [6.45, 7) is 0. The fraction of sp³-hybridized carbons (Fsp3) is 0. The van der Waals surface area contributed by atoms with Gasteiger partial charge in [0.15, 0.2) is 0 Å². The van der Waals surface area contributed by atoms with E-state index in [9.17, 15) is 4.79 Å². The van der Waals surface area contributed by atoms with E-state index in [4.69, 9.17) is 11.0 Å². The second-order valence-corrected chi connectivity index (χ2v) is 2.88. The first-order valence-corrected chi connectivity index (χ1v) is 3.97. The van der Waals surface area contributed by atoms with Gasteiger partial charge in [0.05, 0.1) is 22.9 Å². The molecule has 67 valence electrons. The van der Waals surface area contributed by atoms with E-state index in [2.05, 4.69) is 5.32 Å². The van der Waals surface area contributed by atoms with E-state index in [1.807, 2.05) is 6.07 Å². The second kappa shape index (κ2) is 2.89. The third-order valence-corrected chi connectivity index (χ3v) is 2.01. The number of carbonyl (C=O) groups excluding carboxylic acids is 1. The van der Waals surface area contributed by atoms with Crippen LogP contribution in [0, 0.1) is 11.3 Å². The van der Waals surface area contributed by atoms with Crippen LogP contribution in [0.3, 0.4) is 0 Å². The molecule has 4 heteroatoms. The average molecular weight is 184 g/mol. The smallest absolute Gasteiger partial charge is 0.250 e. The molecule has 1 aromatic rings. The average Bonchev–Trinajstić information content (AvgIpc) is 2.59. The molecule has 1 aromatic carbocycles. The molecule has 1 radical (unpaired) electrons. The molecule has 14 heavy (non-hydrogen) atoms. The molecule has 0 bridgehead atoms. The van der Waals surface area contributed by atoms with Crippen LogP contribution in [-0.4, -0.2) is 5.91 Å². The van der Waals surface area contributed by atoms with Gasteiger partial charge >= 0.3 is 0 Å². The third kappa shape index (κ3) is 1.12. The fourth-order valence-corrected chi connectivity index (χ4v) is 1.33. The normalized spacial score (nSPS) is 12.4. The molecule has 0 aromatic heterocycles. The SMILES string of the molecule is N#Cc1ccc2c(c1)C(C(N)=O)=C[N]2. The van der Waals surface area contributed by atoms with Gasteiger partial charge in [0.2, 0.25) is 0 Å². The Labute approximate surface area is 80.6 Å². The lowest BCUT2D eigenvalue weighted by Gasteiger charge is -2.00. The van der Waals surface area contributed by atoms with Crippen LogP contribution < -0.4 is 11.1 Å². The molecule has 0 aliphatic carbocycles. The molecule has 0 unspecified atom stereocenters. The van der Waals surface area contributed by atoms with E-state index in [-0.39, 0.29) is 0 Å². The van der Waals surface area contributed by atoms with Crippen LogP contribution in [0.5, 0.6) is 0 Å². The van der Waals surface area contributed by atoms with Crippen molar-refractivity contribution in [1.82, 2.24) is 5.32 Å². The largest absolute Gasteiger partial charge is 0.366 e. The van der Waals surface area contributed by atoms with E-state index in [1.54, 1.807) is 18.2 Å². The monoisotopic (exact) mass is 184 g/mol. The lowest BCUT2D eigenvalue weighted by molar-refractivity contribution is -0.112. The summed E-state index contributed by atoms with van der Waals surface area (Å²) in [6, 6.07) is 6.96. The highest BCUT2D eigenvalue weighted by Gasteiger charge is 2.19. The molecular formula is C10H6N3O. The summed E-state index contributed by atoms with van der Waals surface area (Å²) in [7, 11) is 0. The Bertz CT molecular complexity index is 483. The van der Waals surface area contributed by atoms with Crippen LogP contribution in [0.15, 0.2) is 24.4 Å². The Morgan fingerprint density at radius 1 is 1.50 bits per heavy atom. The van der Waals surface area contributed by atoms with Gasteiger partial charge in [-0.05, 0) is 18.2 Å². The zero-order chi connectivity index (χ0) is 10.1. The van der Waals surface area contributed by atoms with Gasteiger partial charge in [-0.15, -0.1) is 0 Å². The predicted molar refractivity (Wildman–Crippen MR) is 50.1 cm³/mol. The molecule has 0 spiro atoms. The van der Waals surface area contributed by atoms with E-state index in [0.717, 1.165) is 0 Å². The van der Waals surface area contributed by atoms with Gasteiger partial charge in [0.25, 0.3) is 5.91 Å². The van der Waals surface area contributed by atoms with Crippen molar-refractivity contribution in [2.24, 2.45) is 5.73 Å². The minimum Gasteiger partial charge on any atom is -0.366 e. The van der Waals surface area contributed by atoms with Gasteiger partial charge in [-0.1, -0.05) is 0 Å². The van der Waals surface area contributed by atoms with Gasteiger partial charge in [0, 0.05) is 11.8 Å². The minimum absolute atomic E-state index is 0.358. The van der Waals surface area contributed by atoms with Crippen LogP contribution in [-0.2, 0) is 4.79 Å². The first-order valence-electron chi connectivity index (χ1n) is 3.97. The first-order chi connectivity index (χ1) is 6.72. The van der Waals surface area contributed by atoms with Crippen molar-refractivity contribution in [3.05, 3.63) is 35.5 Å². The van der Waals surface area contributed by atoms with Crippen LogP contribution in [0.25, 0.3) is 5.57 Å². The van der Waals surface area contributed by atoms with Crippen molar-refractivity contribution in [2.45, 2.75) is 0 Å². The molecule has 1 amide bonds. The molecule has 2 N–H and O–H groups in total.